The van der Waals surface area contributed by atoms with Crippen molar-refractivity contribution in [1.82, 2.24) is 15.0 Å². The van der Waals surface area contributed by atoms with Gasteiger partial charge in [0.05, 0.1) is 15.9 Å². The second-order valence-electron chi connectivity index (χ2n) is 8.09. The average molecular weight is 431 g/mol. The van der Waals surface area contributed by atoms with E-state index in [1.54, 1.807) is 29.9 Å². The number of anilines is 1. The molecule has 0 saturated heterocycles. The van der Waals surface area contributed by atoms with Gasteiger partial charge in [0, 0.05) is 42.8 Å². The van der Waals surface area contributed by atoms with E-state index in [0.717, 1.165) is 50.6 Å². The maximum atomic E-state index is 6.12. The van der Waals surface area contributed by atoms with Crippen molar-refractivity contribution in [3.8, 4) is 22.8 Å². The van der Waals surface area contributed by atoms with E-state index in [-0.39, 0.29) is 0 Å². The van der Waals surface area contributed by atoms with Crippen LogP contribution in [0.1, 0.15) is 38.5 Å². The van der Waals surface area contributed by atoms with E-state index in [1.807, 2.05) is 36.4 Å². The van der Waals surface area contributed by atoms with Crippen molar-refractivity contribution >= 4 is 26.7 Å². The van der Waals surface area contributed by atoms with Crippen LogP contribution < -0.4 is 10.1 Å². The number of ether oxygens (including phenoxy) is 1. The largest absolute Gasteiger partial charge is 0.457 e. The Bertz CT molecular complexity index is 1140. The van der Waals surface area contributed by atoms with Gasteiger partial charge in [-0.3, -0.25) is 9.97 Å². The van der Waals surface area contributed by atoms with Crippen molar-refractivity contribution in [2.24, 2.45) is 5.92 Å². The zero-order chi connectivity index (χ0) is 20.9. The van der Waals surface area contributed by atoms with E-state index < -0.39 is 0 Å². The number of nitrogens with one attached hydrogen (secondary N) is 1. The molecule has 158 valence electrons. The molecule has 6 heteroatoms. The van der Waals surface area contributed by atoms with Crippen molar-refractivity contribution in [2.45, 2.75) is 38.5 Å². The minimum Gasteiger partial charge on any atom is -0.457 e. The van der Waals surface area contributed by atoms with Crippen LogP contribution in [0.25, 0.3) is 21.5 Å². The highest BCUT2D eigenvalue weighted by Crippen LogP contribution is 2.32. The molecule has 3 aromatic heterocycles. The van der Waals surface area contributed by atoms with Crippen LogP contribution in [0.4, 0.5) is 5.13 Å². The quantitative estimate of drug-likeness (QED) is 0.344. The molecule has 1 fully saturated rings. The fourth-order valence-electron chi connectivity index (χ4n) is 4.19. The molecule has 0 atom stereocenters. The summed E-state index contributed by atoms with van der Waals surface area (Å²) < 4.78 is 7.24. The summed E-state index contributed by atoms with van der Waals surface area (Å²) in [6.07, 6.45) is 13.6. The van der Waals surface area contributed by atoms with Gasteiger partial charge in [0.1, 0.15) is 11.5 Å². The Labute approximate surface area is 186 Å². The Morgan fingerprint density at radius 1 is 1.00 bits per heavy atom. The summed E-state index contributed by atoms with van der Waals surface area (Å²) >= 11 is 1.69. The summed E-state index contributed by atoms with van der Waals surface area (Å²) in [4.78, 5) is 13.3. The highest BCUT2D eigenvalue weighted by molar-refractivity contribution is 7.22. The monoisotopic (exact) mass is 430 g/mol. The van der Waals surface area contributed by atoms with Crippen molar-refractivity contribution in [2.75, 3.05) is 11.9 Å². The molecule has 1 aromatic carbocycles. The van der Waals surface area contributed by atoms with Gasteiger partial charge in [-0.25, -0.2) is 4.98 Å². The number of aromatic nitrogens is 3. The molecule has 0 aliphatic heterocycles. The van der Waals surface area contributed by atoms with Crippen LogP contribution in [0.3, 0.4) is 0 Å². The molecular weight excluding hydrogens is 404 g/mol. The molecule has 1 aliphatic rings. The van der Waals surface area contributed by atoms with Crippen molar-refractivity contribution in [3.63, 3.8) is 0 Å². The van der Waals surface area contributed by atoms with Gasteiger partial charge in [-0.15, -0.1) is 0 Å². The zero-order valence-corrected chi connectivity index (χ0v) is 18.3. The smallest absolute Gasteiger partial charge is 0.183 e. The second-order valence-corrected chi connectivity index (χ2v) is 9.12. The minimum absolute atomic E-state index is 0.753. The molecule has 0 spiro atoms. The van der Waals surface area contributed by atoms with Crippen LogP contribution >= 0.6 is 11.3 Å². The molecule has 0 bridgehead atoms. The number of pyridine rings is 2. The Kier molecular flexibility index (Phi) is 6.07. The SMILES string of the molecule is c1cncc(-c2cc(Oc3ccc4nc(NCCC5CCCCC5)sc4c3)ccn2)c1. The van der Waals surface area contributed by atoms with Crippen LogP contribution in [0.5, 0.6) is 11.5 Å². The van der Waals surface area contributed by atoms with E-state index in [2.05, 4.69) is 21.4 Å². The molecule has 0 unspecified atom stereocenters. The van der Waals surface area contributed by atoms with E-state index in [0.29, 0.717) is 0 Å². The van der Waals surface area contributed by atoms with Crippen LogP contribution in [-0.4, -0.2) is 21.5 Å². The summed E-state index contributed by atoms with van der Waals surface area (Å²) in [5.74, 6) is 2.43. The van der Waals surface area contributed by atoms with Crippen molar-refractivity contribution < 1.29 is 4.74 Å². The van der Waals surface area contributed by atoms with E-state index in [4.69, 9.17) is 9.72 Å². The first-order chi connectivity index (χ1) is 15.3. The first-order valence-electron chi connectivity index (χ1n) is 11.0. The summed E-state index contributed by atoms with van der Waals surface area (Å²) in [5, 5.41) is 4.52. The molecular formula is C25H26N4OS. The number of nitrogens with zero attached hydrogens (tertiary/aromatic N) is 3. The fourth-order valence-corrected chi connectivity index (χ4v) is 5.11. The van der Waals surface area contributed by atoms with Crippen LogP contribution in [0.15, 0.2) is 61.1 Å². The number of fused-ring (bicyclic) bond motifs is 1. The maximum absolute atomic E-state index is 6.12. The summed E-state index contributed by atoms with van der Waals surface area (Å²) in [6, 6.07) is 13.8. The van der Waals surface area contributed by atoms with E-state index in [9.17, 15) is 0 Å². The predicted octanol–water partition coefficient (Wildman–Crippen LogP) is 6.93. The van der Waals surface area contributed by atoms with Gasteiger partial charge in [0.2, 0.25) is 0 Å². The maximum Gasteiger partial charge on any atom is 0.183 e. The molecule has 0 radical (unpaired) electrons. The number of thiazole rings is 1. The zero-order valence-electron chi connectivity index (χ0n) is 17.5. The molecule has 0 amide bonds. The third-order valence-corrected chi connectivity index (χ3v) is 6.81. The van der Waals surface area contributed by atoms with Gasteiger partial charge < -0.3 is 10.1 Å². The lowest BCUT2D eigenvalue weighted by Crippen LogP contribution is -2.11. The van der Waals surface area contributed by atoms with Crippen LogP contribution in [0, 0.1) is 5.92 Å². The van der Waals surface area contributed by atoms with Crippen molar-refractivity contribution in [3.05, 3.63) is 61.1 Å². The van der Waals surface area contributed by atoms with Gasteiger partial charge >= 0.3 is 0 Å². The fraction of sp³-hybridized carbons (Fsp3) is 0.320. The lowest BCUT2D eigenvalue weighted by atomic mass is 9.87. The molecule has 5 nitrogen and oxygen atoms in total. The topological polar surface area (TPSA) is 59.9 Å². The molecule has 1 aliphatic carbocycles. The third-order valence-electron chi connectivity index (χ3n) is 5.84. The number of hydrogen-bond donors (Lipinski definition) is 1. The Hall–Kier alpha value is -2.99. The minimum atomic E-state index is 0.753. The molecule has 31 heavy (non-hydrogen) atoms. The number of rotatable bonds is 7. The predicted molar refractivity (Wildman–Crippen MR) is 127 cm³/mol. The van der Waals surface area contributed by atoms with Gasteiger partial charge in [-0.2, -0.15) is 0 Å². The van der Waals surface area contributed by atoms with Crippen LogP contribution in [0.2, 0.25) is 0 Å². The van der Waals surface area contributed by atoms with Gasteiger partial charge in [-0.1, -0.05) is 43.4 Å². The second kappa shape index (κ2) is 9.43. The Morgan fingerprint density at radius 3 is 2.77 bits per heavy atom. The van der Waals surface area contributed by atoms with Crippen molar-refractivity contribution in [1.29, 1.82) is 0 Å². The van der Waals surface area contributed by atoms with E-state index >= 15 is 0 Å². The molecule has 3 heterocycles. The first-order valence-corrected chi connectivity index (χ1v) is 11.8. The summed E-state index contributed by atoms with van der Waals surface area (Å²) in [5.41, 5.74) is 2.81. The summed E-state index contributed by atoms with van der Waals surface area (Å²) in [7, 11) is 0. The third kappa shape index (κ3) is 5.02. The standard InChI is InChI=1S/C25H26N4OS/c1-2-5-18(6-3-1)10-13-28-25-29-22-9-8-20(16-24(22)31-25)30-21-11-14-27-23(15-21)19-7-4-12-26-17-19/h4,7-9,11-12,14-18H,1-3,5-6,10,13H2,(H,28,29). The summed E-state index contributed by atoms with van der Waals surface area (Å²) in [6.45, 7) is 1.00. The van der Waals surface area contributed by atoms with Gasteiger partial charge in [0.25, 0.3) is 0 Å². The number of benzene rings is 1. The van der Waals surface area contributed by atoms with Crippen LogP contribution in [-0.2, 0) is 0 Å². The van der Waals surface area contributed by atoms with Gasteiger partial charge in [-0.05, 0) is 42.7 Å². The normalized spacial score (nSPS) is 14.6. The number of hydrogen-bond acceptors (Lipinski definition) is 6. The van der Waals surface area contributed by atoms with E-state index in [1.165, 1.54) is 38.5 Å². The lowest BCUT2D eigenvalue weighted by molar-refractivity contribution is 0.345. The molecule has 4 aromatic rings. The average Bonchev–Trinajstić information content (AvgIpc) is 3.23. The van der Waals surface area contributed by atoms with Gasteiger partial charge in [0.15, 0.2) is 5.13 Å². The Balaban J connectivity index is 1.25. The molecule has 5 rings (SSSR count). The Morgan fingerprint density at radius 2 is 1.90 bits per heavy atom. The molecule has 1 N–H and O–H groups in total. The molecule has 1 saturated carbocycles. The highest BCUT2D eigenvalue weighted by atomic mass is 32.1. The first kappa shape index (κ1) is 19.9. The lowest BCUT2D eigenvalue weighted by Gasteiger charge is -2.21. The highest BCUT2D eigenvalue weighted by Gasteiger charge is 2.13.